The lowest BCUT2D eigenvalue weighted by molar-refractivity contribution is 0.272. The van der Waals surface area contributed by atoms with Gasteiger partial charge in [-0.3, -0.25) is 0 Å². The summed E-state index contributed by atoms with van der Waals surface area (Å²) in [5.41, 5.74) is 2.82. The Labute approximate surface area is 113 Å². The van der Waals surface area contributed by atoms with Crippen LogP contribution in [-0.4, -0.2) is 23.7 Å². The van der Waals surface area contributed by atoms with Gasteiger partial charge in [0, 0.05) is 11.3 Å². The van der Waals surface area contributed by atoms with Gasteiger partial charge in [-0.1, -0.05) is 12.1 Å². The molecule has 0 radical (unpaired) electrons. The summed E-state index contributed by atoms with van der Waals surface area (Å²) in [6, 6.07) is 6.46. The third kappa shape index (κ3) is 2.52. The molecule has 2 heterocycles. The SMILES string of the molecule is CC1(COc2cccc3c2CCNC3)CCCS1. The van der Waals surface area contributed by atoms with Crippen LogP contribution in [0.4, 0.5) is 0 Å². The lowest BCUT2D eigenvalue weighted by Crippen LogP contribution is -2.27. The molecule has 0 amide bonds. The predicted molar refractivity (Wildman–Crippen MR) is 77.4 cm³/mol. The topological polar surface area (TPSA) is 21.3 Å². The first kappa shape index (κ1) is 12.4. The van der Waals surface area contributed by atoms with Crippen LogP contribution in [0.5, 0.6) is 5.75 Å². The van der Waals surface area contributed by atoms with Gasteiger partial charge < -0.3 is 10.1 Å². The van der Waals surface area contributed by atoms with Gasteiger partial charge in [0.2, 0.25) is 0 Å². The first-order valence-corrected chi connectivity index (χ1v) is 7.84. The molecule has 1 aromatic rings. The number of hydrogen-bond acceptors (Lipinski definition) is 3. The second-order valence-electron chi connectivity index (χ2n) is 5.51. The van der Waals surface area contributed by atoms with Gasteiger partial charge in [0.25, 0.3) is 0 Å². The summed E-state index contributed by atoms with van der Waals surface area (Å²) in [7, 11) is 0. The molecule has 2 aliphatic heterocycles. The van der Waals surface area contributed by atoms with E-state index in [1.165, 1.54) is 29.7 Å². The lowest BCUT2D eigenvalue weighted by Gasteiger charge is -2.25. The van der Waals surface area contributed by atoms with E-state index in [2.05, 4.69) is 42.2 Å². The first-order valence-electron chi connectivity index (χ1n) is 6.85. The van der Waals surface area contributed by atoms with Gasteiger partial charge in [0.15, 0.2) is 0 Å². The minimum absolute atomic E-state index is 0.329. The third-order valence-corrected chi connectivity index (χ3v) is 5.44. The summed E-state index contributed by atoms with van der Waals surface area (Å²) in [5.74, 6) is 2.40. The van der Waals surface area contributed by atoms with E-state index in [0.717, 1.165) is 31.9 Å². The number of hydrogen-bond donors (Lipinski definition) is 1. The molecular weight excluding hydrogens is 242 g/mol. The fourth-order valence-electron chi connectivity index (χ4n) is 2.81. The van der Waals surface area contributed by atoms with Crippen molar-refractivity contribution in [2.24, 2.45) is 0 Å². The maximum Gasteiger partial charge on any atom is 0.122 e. The molecule has 0 spiro atoms. The van der Waals surface area contributed by atoms with E-state index in [9.17, 15) is 0 Å². The van der Waals surface area contributed by atoms with Gasteiger partial charge in [-0.15, -0.1) is 0 Å². The smallest absolute Gasteiger partial charge is 0.122 e. The Morgan fingerprint density at radius 1 is 1.44 bits per heavy atom. The Balaban J connectivity index is 1.72. The normalized spacial score (nSPS) is 26.9. The monoisotopic (exact) mass is 263 g/mol. The van der Waals surface area contributed by atoms with E-state index in [1.54, 1.807) is 0 Å². The molecular formula is C15H21NOS. The summed E-state index contributed by atoms with van der Waals surface area (Å²) in [5, 5.41) is 3.41. The van der Waals surface area contributed by atoms with Crippen molar-refractivity contribution in [2.45, 2.75) is 37.5 Å². The Kier molecular flexibility index (Phi) is 3.53. The molecule has 1 aromatic carbocycles. The second kappa shape index (κ2) is 5.14. The van der Waals surface area contributed by atoms with Crippen molar-refractivity contribution in [3.8, 4) is 5.75 Å². The molecule has 2 aliphatic rings. The van der Waals surface area contributed by atoms with Crippen LogP contribution in [0.1, 0.15) is 30.9 Å². The minimum atomic E-state index is 0.329. The highest BCUT2D eigenvalue weighted by Crippen LogP contribution is 2.38. The van der Waals surface area contributed by atoms with Crippen LogP contribution in [0.15, 0.2) is 18.2 Å². The van der Waals surface area contributed by atoms with Crippen molar-refractivity contribution < 1.29 is 4.74 Å². The summed E-state index contributed by atoms with van der Waals surface area (Å²) in [6.45, 7) is 5.24. The molecule has 0 bridgehead atoms. The van der Waals surface area contributed by atoms with Crippen LogP contribution < -0.4 is 10.1 Å². The van der Waals surface area contributed by atoms with E-state index in [4.69, 9.17) is 4.74 Å². The Morgan fingerprint density at radius 3 is 3.22 bits per heavy atom. The van der Waals surface area contributed by atoms with Crippen LogP contribution in [0, 0.1) is 0 Å². The van der Waals surface area contributed by atoms with Gasteiger partial charge in [0.05, 0.1) is 0 Å². The largest absolute Gasteiger partial charge is 0.492 e. The maximum atomic E-state index is 6.14. The van der Waals surface area contributed by atoms with Crippen LogP contribution in [0.25, 0.3) is 0 Å². The quantitative estimate of drug-likeness (QED) is 0.906. The molecule has 1 N–H and O–H groups in total. The molecule has 0 aromatic heterocycles. The van der Waals surface area contributed by atoms with Crippen LogP contribution in [0.3, 0.4) is 0 Å². The molecule has 3 heteroatoms. The summed E-state index contributed by atoms with van der Waals surface area (Å²) in [4.78, 5) is 0. The van der Waals surface area contributed by atoms with Crippen LogP contribution >= 0.6 is 11.8 Å². The minimum Gasteiger partial charge on any atom is -0.492 e. The lowest BCUT2D eigenvalue weighted by atomic mass is 10.00. The van der Waals surface area contributed by atoms with Crippen molar-refractivity contribution in [1.82, 2.24) is 5.32 Å². The molecule has 1 fully saturated rings. The van der Waals surface area contributed by atoms with Crippen molar-refractivity contribution in [1.29, 1.82) is 0 Å². The zero-order chi connectivity index (χ0) is 12.4. The van der Waals surface area contributed by atoms with E-state index >= 15 is 0 Å². The van der Waals surface area contributed by atoms with Gasteiger partial charge in [-0.25, -0.2) is 0 Å². The molecule has 18 heavy (non-hydrogen) atoms. The second-order valence-corrected chi connectivity index (χ2v) is 7.19. The highest BCUT2D eigenvalue weighted by atomic mass is 32.2. The zero-order valence-electron chi connectivity index (χ0n) is 11.0. The number of benzene rings is 1. The molecule has 3 rings (SSSR count). The molecule has 1 atom stereocenters. The summed E-state index contributed by atoms with van der Waals surface area (Å²) >= 11 is 2.06. The van der Waals surface area contributed by atoms with Crippen LogP contribution in [0.2, 0.25) is 0 Å². The molecule has 98 valence electrons. The van der Waals surface area contributed by atoms with Crippen LogP contribution in [-0.2, 0) is 13.0 Å². The number of thioether (sulfide) groups is 1. The maximum absolute atomic E-state index is 6.14. The average Bonchev–Trinajstić information content (AvgIpc) is 2.84. The van der Waals surface area contributed by atoms with E-state index in [-0.39, 0.29) is 0 Å². The summed E-state index contributed by atoms with van der Waals surface area (Å²) < 4.78 is 6.47. The van der Waals surface area contributed by atoms with Gasteiger partial charge in [-0.2, -0.15) is 11.8 Å². The number of rotatable bonds is 3. The third-order valence-electron chi connectivity index (χ3n) is 3.93. The Morgan fingerprint density at radius 2 is 2.39 bits per heavy atom. The fourth-order valence-corrected chi connectivity index (χ4v) is 4.03. The van der Waals surface area contributed by atoms with E-state index in [1.807, 2.05) is 0 Å². The summed E-state index contributed by atoms with van der Waals surface area (Å²) in [6.07, 6.45) is 3.71. The van der Waals surface area contributed by atoms with Crippen molar-refractivity contribution >= 4 is 11.8 Å². The molecule has 1 saturated heterocycles. The number of nitrogens with one attached hydrogen (secondary N) is 1. The fraction of sp³-hybridized carbons (Fsp3) is 0.600. The van der Waals surface area contributed by atoms with Gasteiger partial charge in [0.1, 0.15) is 12.4 Å². The van der Waals surface area contributed by atoms with E-state index in [0.29, 0.717) is 4.75 Å². The first-order chi connectivity index (χ1) is 8.77. The van der Waals surface area contributed by atoms with E-state index < -0.39 is 0 Å². The average molecular weight is 263 g/mol. The molecule has 0 aliphatic carbocycles. The highest BCUT2D eigenvalue weighted by molar-refractivity contribution is 8.00. The molecule has 0 saturated carbocycles. The molecule has 1 unspecified atom stereocenters. The number of ether oxygens (including phenoxy) is 1. The van der Waals surface area contributed by atoms with Crippen molar-refractivity contribution in [3.63, 3.8) is 0 Å². The van der Waals surface area contributed by atoms with Gasteiger partial charge in [-0.05, 0) is 55.7 Å². The van der Waals surface area contributed by atoms with Crippen molar-refractivity contribution in [2.75, 3.05) is 18.9 Å². The standard InChI is InChI=1S/C15H21NOS/c1-15(7-3-9-18-15)11-17-14-5-2-4-12-10-16-8-6-13(12)14/h2,4-5,16H,3,6-11H2,1H3. The Hall–Kier alpha value is -0.670. The zero-order valence-corrected chi connectivity index (χ0v) is 11.8. The highest BCUT2D eigenvalue weighted by Gasteiger charge is 2.30. The molecule has 2 nitrogen and oxygen atoms in total. The number of fused-ring (bicyclic) bond motifs is 1. The van der Waals surface area contributed by atoms with Gasteiger partial charge >= 0.3 is 0 Å². The predicted octanol–water partition coefficient (Wildman–Crippen LogP) is 3.00. The Bertz CT molecular complexity index is 427. The van der Waals surface area contributed by atoms with Crippen molar-refractivity contribution in [3.05, 3.63) is 29.3 Å².